The highest BCUT2D eigenvalue weighted by Crippen LogP contribution is 2.78. The zero-order valence-electron chi connectivity index (χ0n) is 33.3. The third-order valence-corrected chi connectivity index (χ3v) is 16.6. The highest BCUT2D eigenvalue weighted by Gasteiger charge is 2.71. The lowest BCUT2D eigenvalue weighted by Gasteiger charge is -2.73. The molecule has 0 bridgehead atoms. The second-order valence-corrected chi connectivity index (χ2v) is 20.4. The number of allylic oxidation sites excluding steroid dienone is 1. The number of benzene rings is 1. The molecule has 282 valence electrons. The van der Waals surface area contributed by atoms with Gasteiger partial charge < -0.3 is 15.2 Å². The number of amides is 1. The average molecular weight is 702 g/mol. The Bertz CT molecular complexity index is 1540. The molecule has 5 aliphatic rings. The Morgan fingerprint density at radius 2 is 1.55 bits per heavy atom. The molecule has 0 aromatic heterocycles. The number of carbonyl (C=O) groups excluding carboxylic acids is 2. The molecule has 6 heteroatoms. The Balaban J connectivity index is 1.23. The fourth-order valence-electron chi connectivity index (χ4n) is 14.0. The Hall–Kier alpha value is -2.63. The fraction of sp³-hybridized carbons (Fsp3) is 0.756. The second-order valence-electron chi connectivity index (χ2n) is 20.4. The van der Waals surface area contributed by atoms with Crippen molar-refractivity contribution in [2.45, 2.75) is 152 Å². The van der Waals surface area contributed by atoms with Crippen LogP contribution in [0.1, 0.15) is 144 Å². The number of nitrogens with one attached hydrogen (secondary N) is 1. The lowest BCUT2D eigenvalue weighted by Crippen LogP contribution is -2.66. The number of hydrogen-bond donors (Lipinski definition) is 2. The lowest BCUT2D eigenvalue weighted by atomic mass is 9.32. The minimum absolute atomic E-state index is 0.0236. The van der Waals surface area contributed by atoms with E-state index < -0.39 is 11.4 Å². The molecule has 0 aliphatic heterocycles. The summed E-state index contributed by atoms with van der Waals surface area (Å²) in [5, 5.41) is 12.6. The molecule has 5 aliphatic carbocycles. The van der Waals surface area contributed by atoms with Gasteiger partial charge in [0.05, 0.1) is 12.8 Å². The Kier molecular flexibility index (Phi) is 9.75. The van der Waals surface area contributed by atoms with Gasteiger partial charge in [-0.25, -0.2) is 0 Å². The monoisotopic (exact) mass is 702 g/mol. The maximum atomic E-state index is 13.8. The summed E-state index contributed by atoms with van der Waals surface area (Å²) >= 11 is 0. The maximum Gasteiger partial charge on any atom is 0.306 e. The molecule has 5 saturated carbocycles. The van der Waals surface area contributed by atoms with E-state index in [2.05, 4.69) is 72.5 Å². The van der Waals surface area contributed by atoms with Crippen LogP contribution in [0.3, 0.4) is 0 Å². The van der Waals surface area contributed by atoms with Gasteiger partial charge in [-0.05, 0) is 147 Å². The van der Waals surface area contributed by atoms with Gasteiger partial charge in [-0.1, -0.05) is 78.3 Å². The van der Waals surface area contributed by atoms with Crippen LogP contribution in [0.2, 0.25) is 0 Å². The summed E-state index contributed by atoms with van der Waals surface area (Å²) in [5.74, 6) is 1.58. The Morgan fingerprint density at radius 1 is 0.863 bits per heavy atom. The van der Waals surface area contributed by atoms with Crippen LogP contribution in [0, 0.1) is 69.0 Å². The summed E-state index contributed by atoms with van der Waals surface area (Å²) in [6, 6.07) is 8.17. The van der Waals surface area contributed by atoms with Crippen molar-refractivity contribution in [3.63, 3.8) is 0 Å². The molecule has 5 fully saturated rings. The van der Waals surface area contributed by atoms with Gasteiger partial charge in [0.1, 0.15) is 6.10 Å². The Morgan fingerprint density at radius 3 is 2.20 bits per heavy atom. The highest BCUT2D eigenvalue weighted by atomic mass is 16.5. The molecule has 0 saturated heterocycles. The van der Waals surface area contributed by atoms with Gasteiger partial charge in [-0.2, -0.15) is 0 Å². The topological polar surface area (TPSA) is 92.7 Å². The first kappa shape index (κ1) is 38.1. The van der Waals surface area contributed by atoms with Gasteiger partial charge in [-0.15, -0.1) is 0 Å². The summed E-state index contributed by atoms with van der Waals surface area (Å²) in [5.41, 5.74) is 3.14. The van der Waals surface area contributed by atoms with Crippen LogP contribution in [-0.2, 0) is 19.1 Å². The van der Waals surface area contributed by atoms with Gasteiger partial charge in [0.25, 0.3) is 0 Å². The van der Waals surface area contributed by atoms with Crippen molar-refractivity contribution < 1.29 is 24.2 Å². The first-order valence-electron chi connectivity index (χ1n) is 20.1. The predicted molar refractivity (Wildman–Crippen MR) is 204 cm³/mol. The minimum Gasteiger partial charge on any atom is -0.481 e. The number of carbonyl (C=O) groups is 3. The van der Waals surface area contributed by atoms with Gasteiger partial charge in [0.15, 0.2) is 0 Å². The zero-order chi connectivity index (χ0) is 37.4. The van der Waals surface area contributed by atoms with E-state index in [1.54, 1.807) is 0 Å². The molecule has 0 spiro atoms. The van der Waals surface area contributed by atoms with E-state index in [1.807, 2.05) is 26.0 Å². The van der Waals surface area contributed by atoms with Crippen molar-refractivity contribution in [1.29, 1.82) is 0 Å². The number of carboxylic acids is 1. The SMILES string of the molecule is C=C(C)[C@@H]1CC[C@]2(CC(=O)Nc3ccc(C)cc3)CC[C@]3(C)[C@H](CC[C@@H]4[C@@]5(C)CC[C@H](OC(=O)CC(C)(C)CC(=O)O)C(C)(C)[C@@H]5CC[C@]43C)[C@@H]12. The molecular formula is C45H67NO5. The normalized spacial score (nSPS) is 39.8. The van der Waals surface area contributed by atoms with E-state index in [0.29, 0.717) is 36.0 Å². The maximum absolute atomic E-state index is 13.8. The van der Waals surface area contributed by atoms with Crippen LogP contribution in [-0.4, -0.2) is 29.1 Å². The van der Waals surface area contributed by atoms with Crippen molar-refractivity contribution in [2.24, 2.45) is 62.1 Å². The van der Waals surface area contributed by atoms with Crippen molar-refractivity contribution in [3.05, 3.63) is 42.0 Å². The standard InChI is InChI=1S/C45H67NO5/c1-28(2)31-17-22-45(25-36(47)46-30-13-11-29(3)12-14-30)24-23-43(9)32(39(31)45)15-16-34-42(8)20-19-35(41(6,7)33(42)18-21-44(34,43)10)51-38(50)27-40(4,5)26-37(48)49/h11-14,31-35,39H,1,15-27H2,2-10H3,(H,46,47)(H,48,49)/t31-,32+,33-,34+,35-,39+,42-,43+,44+,45+/m0/s1. The first-order valence-corrected chi connectivity index (χ1v) is 20.1. The van der Waals surface area contributed by atoms with Crippen LogP contribution in [0.4, 0.5) is 5.69 Å². The van der Waals surface area contributed by atoms with Crippen molar-refractivity contribution >= 4 is 23.5 Å². The van der Waals surface area contributed by atoms with Gasteiger partial charge in [0.2, 0.25) is 5.91 Å². The average Bonchev–Trinajstić information content (AvgIpc) is 3.38. The van der Waals surface area contributed by atoms with Crippen molar-refractivity contribution in [2.75, 3.05) is 5.32 Å². The van der Waals surface area contributed by atoms with Gasteiger partial charge in [0, 0.05) is 17.5 Å². The van der Waals surface area contributed by atoms with Gasteiger partial charge >= 0.3 is 11.9 Å². The summed E-state index contributed by atoms with van der Waals surface area (Å²) in [6.07, 6.45) is 11.7. The molecule has 0 unspecified atom stereocenters. The highest BCUT2D eigenvalue weighted by molar-refractivity contribution is 5.91. The number of aryl methyl sites for hydroxylation is 1. The number of esters is 1. The number of aliphatic carboxylic acids is 1. The predicted octanol–water partition coefficient (Wildman–Crippen LogP) is 10.8. The van der Waals surface area contributed by atoms with Crippen LogP contribution < -0.4 is 5.32 Å². The number of fused-ring (bicyclic) bond motifs is 7. The van der Waals surface area contributed by atoms with Crippen LogP contribution in [0.15, 0.2) is 36.4 Å². The van der Waals surface area contributed by atoms with E-state index in [9.17, 15) is 19.5 Å². The van der Waals surface area contributed by atoms with E-state index in [-0.39, 0.29) is 57.9 Å². The quantitative estimate of drug-likeness (QED) is 0.197. The van der Waals surface area contributed by atoms with Crippen LogP contribution in [0.25, 0.3) is 0 Å². The van der Waals surface area contributed by atoms with Crippen LogP contribution in [0.5, 0.6) is 0 Å². The summed E-state index contributed by atoms with van der Waals surface area (Å²) in [4.78, 5) is 38.4. The van der Waals surface area contributed by atoms with Gasteiger partial charge in [-0.3, -0.25) is 14.4 Å². The van der Waals surface area contributed by atoms with E-state index in [1.165, 1.54) is 36.8 Å². The van der Waals surface area contributed by atoms with E-state index in [0.717, 1.165) is 44.2 Å². The van der Waals surface area contributed by atoms with E-state index in [4.69, 9.17) is 4.74 Å². The zero-order valence-corrected chi connectivity index (χ0v) is 33.3. The van der Waals surface area contributed by atoms with Crippen molar-refractivity contribution in [1.82, 2.24) is 0 Å². The molecule has 1 aromatic carbocycles. The molecule has 0 radical (unpaired) electrons. The fourth-order valence-corrected chi connectivity index (χ4v) is 14.0. The van der Waals surface area contributed by atoms with E-state index >= 15 is 0 Å². The smallest absolute Gasteiger partial charge is 0.306 e. The summed E-state index contributed by atoms with van der Waals surface area (Å²) in [7, 11) is 0. The summed E-state index contributed by atoms with van der Waals surface area (Å²) < 4.78 is 6.28. The van der Waals surface area contributed by atoms with Crippen molar-refractivity contribution in [3.8, 4) is 0 Å². The molecule has 6 nitrogen and oxygen atoms in total. The van der Waals surface area contributed by atoms with Crippen LogP contribution >= 0.6 is 0 Å². The number of rotatable bonds is 9. The molecule has 51 heavy (non-hydrogen) atoms. The molecule has 10 atom stereocenters. The molecule has 2 N–H and O–H groups in total. The summed E-state index contributed by atoms with van der Waals surface area (Å²) in [6.45, 7) is 25.1. The lowest BCUT2D eigenvalue weighted by molar-refractivity contribution is -0.250. The molecule has 6 rings (SSSR count). The first-order chi connectivity index (χ1) is 23.7. The molecule has 0 heterocycles. The number of ether oxygens (including phenoxy) is 1. The third kappa shape index (κ3) is 6.41. The molecular weight excluding hydrogens is 634 g/mol. The largest absolute Gasteiger partial charge is 0.481 e. The molecule has 1 amide bonds. The second kappa shape index (κ2) is 13.0. The molecule has 1 aromatic rings. The number of carboxylic acid groups (broad SMARTS) is 1. The Labute approximate surface area is 308 Å². The number of hydrogen-bond acceptors (Lipinski definition) is 4. The number of anilines is 1. The third-order valence-electron chi connectivity index (χ3n) is 16.6. The minimum atomic E-state index is -0.884.